The second kappa shape index (κ2) is 5.45. The first-order valence-electron chi connectivity index (χ1n) is 6.52. The second-order valence-electron chi connectivity index (χ2n) is 4.94. The number of anilines is 2. The van der Waals surface area contributed by atoms with Gasteiger partial charge in [0.25, 0.3) is 0 Å². The van der Waals surface area contributed by atoms with Crippen LogP contribution in [0.3, 0.4) is 0 Å². The molecule has 0 spiro atoms. The Morgan fingerprint density at radius 2 is 1.84 bits per heavy atom. The van der Waals surface area contributed by atoms with Gasteiger partial charge in [-0.1, -0.05) is 17.7 Å². The van der Waals surface area contributed by atoms with E-state index < -0.39 is 0 Å². The van der Waals surface area contributed by atoms with Gasteiger partial charge in [0.1, 0.15) is 5.82 Å². The summed E-state index contributed by atoms with van der Waals surface area (Å²) < 4.78 is 1.95. The van der Waals surface area contributed by atoms with Crippen molar-refractivity contribution in [3.8, 4) is 0 Å². The Labute approximate surface area is 115 Å². The quantitative estimate of drug-likeness (QED) is 0.915. The Bertz CT molecular complexity index is 554. The van der Waals surface area contributed by atoms with Crippen LogP contribution in [0.2, 0.25) is 0 Å². The van der Waals surface area contributed by atoms with Gasteiger partial charge in [-0.25, -0.2) is 0 Å². The summed E-state index contributed by atoms with van der Waals surface area (Å²) >= 11 is 0. The SMILES string of the molecule is CNCc1c(C)nn(C)c1N(C)c1ccc(C)cc1. The van der Waals surface area contributed by atoms with Crippen molar-refractivity contribution in [1.29, 1.82) is 0 Å². The molecule has 4 heteroatoms. The number of hydrogen-bond donors (Lipinski definition) is 1. The first-order valence-corrected chi connectivity index (χ1v) is 6.52. The average Bonchev–Trinajstić information content (AvgIpc) is 2.65. The van der Waals surface area contributed by atoms with Gasteiger partial charge in [0.2, 0.25) is 0 Å². The van der Waals surface area contributed by atoms with Crippen molar-refractivity contribution in [2.75, 3.05) is 19.0 Å². The molecule has 0 aliphatic rings. The van der Waals surface area contributed by atoms with Gasteiger partial charge in [0.05, 0.1) is 5.69 Å². The summed E-state index contributed by atoms with van der Waals surface area (Å²) in [7, 11) is 6.04. The molecule has 0 saturated heterocycles. The molecule has 0 unspecified atom stereocenters. The Morgan fingerprint density at radius 1 is 1.21 bits per heavy atom. The highest BCUT2D eigenvalue weighted by atomic mass is 15.4. The van der Waals surface area contributed by atoms with Crippen LogP contribution in [0, 0.1) is 13.8 Å². The molecule has 0 amide bonds. The number of aryl methyl sites for hydroxylation is 3. The largest absolute Gasteiger partial charge is 0.329 e. The molecule has 1 heterocycles. The number of hydrogen-bond acceptors (Lipinski definition) is 3. The molecule has 1 aromatic heterocycles. The van der Waals surface area contributed by atoms with Crippen LogP contribution in [0.25, 0.3) is 0 Å². The molecule has 0 aliphatic carbocycles. The maximum atomic E-state index is 4.53. The topological polar surface area (TPSA) is 33.1 Å². The third kappa shape index (κ3) is 2.63. The maximum absolute atomic E-state index is 4.53. The summed E-state index contributed by atoms with van der Waals surface area (Å²) in [6, 6.07) is 8.54. The van der Waals surface area contributed by atoms with Gasteiger partial charge in [-0.3, -0.25) is 4.68 Å². The van der Waals surface area contributed by atoms with Gasteiger partial charge in [0, 0.05) is 31.9 Å². The van der Waals surface area contributed by atoms with E-state index in [-0.39, 0.29) is 0 Å². The number of benzene rings is 1. The lowest BCUT2D eigenvalue weighted by atomic mass is 10.2. The summed E-state index contributed by atoms with van der Waals surface area (Å²) in [4.78, 5) is 2.19. The molecule has 0 saturated carbocycles. The van der Waals surface area contributed by atoms with Crippen molar-refractivity contribution in [3.05, 3.63) is 41.1 Å². The van der Waals surface area contributed by atoms with Crippen molar-refractivity contribution in [2.45, 2.75) is 20.4 Å². The van der Waals surface area contributed by atoms with Crippen LogP contribution in [-0.2, 0) is 13.6 Å². The van der Waals surface area contributed by atoms with Crippen LogP contribution < -0.4 is 10.2 Å². The van der Waals surface area contributed by atoms with Crippen LogP contribution in [0.1, 0.15) is 16.8 Å². The van der Waals surface area contributed by atoms with Crippen LogP contribution in [0.5, 0.6) is 0 Å². The minimum atomic E-state index is 0.825. The van der Waals surface area contributed by atoms with Gasteiger partial charge in [-0.15, -0.1) is 0 Å². The van der Waals surface area contributed by atoms with E-state index in [0.29, 0.717) is 0 Å². The first-order chi connectivity index (χ1) is 9.04. The van der Waals surface area contributed by atoms with Crippen molar-refractivity contribution >= 4 is 11.5 Å². The number of nitrogens with zero attached hydrogens (tertiary/aromatic N) is 3. The molecule has 4 nitrogen and oxygen atoms in total. The van der Waals surface area contributed by atoms with Gasteiger partial charge in [-0.2, -0.15) is 5.10 Å². The lowest BCUT2D eigenvalue weighted by Gasteiger charge is -2.21. The zero-order chi connectivity index (χ0) is 14.0. The Morgan fingerprint density at radius 3 is 2.42 bits per heavy atom. The minimum Gasteiger partial charge on any atom is -0.329 e. The molecule has 0 atom stereocenters. The van der Waals surface area contributed by atoms with Crippen LogP contribution in [0.15, 0.2) is 24.3 Å². The van der Waals surface area contributed by atoms with Crippen molar-refractivity contribution in [3.63, 3.8) is 0 Å². The summed E-state index contributed by atoms with van der Waals surface area (Å²) in [6.07, 6.45) is 0. The lowest BCUT2D eigenvalue weighted by molar-refractivity contribution is 0.749. The second-order valence-corrected chi connectivity index (χ2v) is 4.94. The fraction of sp³-hybridized carbons (Fsp3) is 0.400. The van der Waals surface area contributed by atoms with E-state index in [1.807, 2.05) is 18.8 Å². The molecule has 2 rings (SSSR count). The fourth-order valence-corrected chi connectivity index (χ4v) is 2.38. The summed E-state index contributed by atoms with van der Waals surface area (Å²) in [5.41, 5.74) is 4.76. The molecular weight excluding hydrogens is 236 g/mol. The highest BCUT2D eigenvalue weighted by Gasteiger charge is 2.17. The van der Waals surface area contributed by atoms with Crippen LogP contribution in [-0.4, -0.2) is 23.9 Å². The van der Waals surface area contributed by atoms with E-state index in [9.17, 15) is 0 Å². The van der Waals surface area contributed by atoms with Crippen molar-refractivity contribution in [1.82, 2.24) is 15.1 Å². The van der Waals surface area contributed by atoms with E-state index in [1.54, 1.807) is 0 Å². The molecular formula is C15H22N4. The first kappa shape index (κ1) is 13.6. The van der Waals surface area contributed by atoms with E-state index >= 15 is 0 Å². The van der Waals surface area contributed by atoms with Crippen molar-refractivity contribution in [2.24, 2.45) is 7.05 Å². The molecule has 0 radical (unpaired) electrons. The minimum absolute atomic E-state index is 0.825. The normalized spacial score (nSPS) is 10.8. The maximum Gasteiger partial charge on any atom is 0.135 e. The molecule has 19 heavy (non-hydrogen) atoms. The average molecular weight is 258 g/mol. The lowest BCUT2D eigenvalue weighted by Crippen LogP contribution is -2.17. The predicted octanol–water partition coefficient (Wildman–Crippen LogP) is 2.52. The highest BCUT2D eigenvalue weighted by molar-refractivity contribution is 5.63. The van der Waals surface area contributed by atoms with Gasteiger partial charge in [0.15, 0.2) is 0 Å². The van der Waals surface area contributed by atoms with Gasteiger partial charge >= 0.3 is 0 Å². The highest BCUT2D eigenvalue weighted by Crippen LogP contribution is 2.28. The molecule has 1 N–H and O–H groups in total. The third-order valence-electron chi connectivity index (χ3n) is 3.41. The Hall–Kier alpha value is -1.81. The van der Waals surface area contributed by atoms with Crippen molar-refractivity contribution < 1.29 is 0 Å². The number of aromatic nitrogens is 2. The Balaban J connectivity index is 2.43. The van der Waals surface area contributed by atoms with Crippen LogP contribution >= 0.6 is 0 Å². The van der Waals surface area contributed by atoms with E-state index in [0.717, 1.165) is 18.1 Å². The van der Waals surface area contributed by atoms with Crippen LogP contribution in [0.4, 0.5) is 11.5 Å². The number of nitrogens with one attached hydrogen (secondary N) is 1. The zero-order valence-electron chi connectivity index (χ0n) is 12.4. The fourth-order valence-electron chi connectivity index (χ4n) is 2.38. The number of rotatable bonds is 4. The summed E-state index contributed by atoms with van der Waals surface area (Å²) in [5.74, 6) is 1.13. The summed E-state index contributed by atoms with van der Waals surface area (Å²) in [6.45, 7) is 4.98. The molecule has 102 valence electrons. The molecule has 1 aromatic carbocycles. The summed E-state index contributed by atoms with van der Waals surface area (Å²) in [5, 5.41) is 7.74. The molecule has 0 bridgehead atoms. The molecule has 0 fully saturated rings. The van der Waals surface area contributed by atoms with E-state index in [4.69, 9.17) is 0 Å². The zero-order valence-corrected chi connectivity index (χ0v) is 12.4. The van der Waals surface area contributed by atoms with E-state index in [1.165, 1.54) is 16.8 Å². The predicted molar refractivity (Wildman–Crippen MR) is 80.0 cm³/mol. The molecule has 0 aliphatic heterocycles. The van der Waals surface area contributed by atoms with Gasteiger partial charge in [-0.05, 0) is 33.0 Å². The molecule has 2 aromatic rings. The van der Waals surface area contributed by atoms with Gasteiger partial charge < -0.3 is 10.2 Å². The monoisotopic (exact) mass is 258 g/mol. The van der Waals surface area contributed by atoms with E-state index in [2.05, 4.69) is 60.5 Å². The standard InChI is InChI=1S/C15H22N4/c1-11-6-8-13(9-7-11)18(4)15-14(10-16-3)12(2)17-19(15)5/h6-9,16H,10H2,1-5H3. The smallest absolute Gasteiger partial charge is 0.135 e. The third-order valence-corrected chi connectivity index (χ3v) is 3.41. The Kier molecular flexibility index (Phi) is 3.90.